The summed E-state index contributed by atoms with van der Waals surface area (Å²) in [7, 11) is 0. The fourth-order valence-corrected chi connectivity index (χ4v) is 1.71. The van der Waals surface area contributed by atoms with Crippen molar-refractivity contribution < 1.29 is 0 Å². The van der Waals surface area contributed by atoms with E-state index in [0.29, 0.717) is 11.2 Å². The molecule has 1 aromatic carbocycles. The average molecular weight is 221 g/mol. The molecular weight excluding hydrogens is 216 g/mol. The van der Waals surface area contributed by atoms with E-state index in [-0.39, 0.29) is 0 Å². The molecule has 0 atom stereocenters. The molecule has 0 spiro atoms. The first-order chi connectivity index (χ1) is 7.36. The molecular formula is C8H5ClN6. The minimum Gasteiger partial charge on any atom is -0.250 e. The number of para-hydroxylation sites is 2. The van der Waals surface area contributed by atoms with E-state index < -0.39 is 0 Å². The summed E-state index contributed by atoms with van der Waals surface area (Å²) in [6.07, 6.45) is 0. The number of hydrogen-bond acceptors (Lipinski definition) is 4. The highest BCUT2D eigenvalue weighted by Gasteiger charge is 2.12. The lowest BCUT2D eigenvalue weighted by molar-refractivity contribution is 0.881. The molecule has 3 aromatic rings. The van der Waals surface area contributed by atoms with Gasteiger partial charge in [-0.3, -0.25) is 0 Å². The maximum absolute atomic E-state index is 6.00. The number of H-pyrrole nitrogens is 1. The Labute approximate surface area is 88.9 Å². The SMILES string of the molecule is Clc1nc2ccccc2n1-c1nnn[nH]1. The topological polar surface area (TPSA) is 72.3 Å². The van der Waals surface area contributed by atoms with Gasteiger partial charge in [-0.2, -0.15) is 0 Å². The van der Waals surface area contributed by atoms with E-state index in [1.807, 2.05) is 24.3 Å². The summed E-state index contributed by atoms with van der Waals surface area (Å²) in [4.78, 5) is 4.18. The third-order valence-electron chi connectivity index (χ3n) is 2.07. The molecule has 0 aliphatic rings. The van der Waals surface area contributed by atoms with Crippen LogP contribution in [0.2, 0.25) is 5.28 Å². The first-order valence-corrected chi connectivity index (χ1v) is 4.61. The molecule has 7 heteroatoms. The molecule has 6 nitrogen and oxygen atoms in total. The van der Waals surface area contributed by atoms with Crippen LogP contribution in [0, 0.1) is 0 Å². The fourth-order valence-electron chi connectivity index (χ4n) is 1.45. The molecule has 2 heterocycles. The Morgan fingerprint density at radius 2 is 2.13 bits per heavy atom. The molecule has 1 N–H and O–H groups in total. The lowest BCUT2D eigenvalue weighted by Crippen LogP contribution is -1.96. The molecule has 0 amide bonds. The van der Waals surface area contributed by atoms with Crippen LogP contribution in [-0.4, -0.2) is 30.2 Å². The van der Waals surface area contributed by atoms with Crippen LogP contribution >= 0.6 is 11.6 Å². The van der Waals surface area contributed by atoms with Crippen molar-refractivity contribution in [2.45, 2.75) is 0 Å². The molecule has 0 unspecified atom stereocenters. The molecule has 0 aliphatic carbocycles. The van der Waals surface area contributed by atoms with Gasteiger partial charge in [0.2, 0.25) is 5.28 Å². The number of rotatable bonds is 1. The monoisotopic (exact) mass is 220 g/mol. The van der Waals surface area contributed by atoms with E-state index in [1.165, 1.54) is 0 Å². The van der Waals surface area contributed by atoms with Crippen molar-refractivity contribution in [2.75, 3.05) is 0 Å². The number of aromatic nitrogens is 6. The first kappa shape index (κ1) is 8.37. The highest BCUT2D eigenvalue weighted by Crippen LogP contribution is 2.21. The lowest BCUT2D eigenvalue weighted by atomic mass is 10.3. The van der Waals surface area contributed by atoms with Crippen molar-refractivity contribution in [1.82, 2.24) is 30.2 Å². The van der Waals surface area contributed by atoms with E-state index in [0.717, 1.165) is 11.0 Å². The van der Waals surface area contributed by atoms with Gasteiger partial charge in [0.15, 0.2) is 0 Å². The Bertz CT molecular complexity index is 599. The summed E-state index contributed by atoms with van der Waals surface area (Å²) >= 11 is 6.00. The predicted molar refractivity (Wildman–Crippen MR) is 53.8 cm³/mol. The average Bonchev–Trinajstić information content (AvgIpc) is 2.82. The number of hydrogen-bond donors (Lipinski definition) is 1. The largest absolute Gasteiger partial charge is 0.253 e. The van der Waals surface area contributed by atoms with Crippen LogP contribution in [0.4, 0.5) is 0 Å². The van der Waals surface area contributed by atoms with Gasteiger partial charge in [-0.05, 0) is 34.2 Å². The third-order valence-corrected chi connectivity index (χ3v) is 2.32. The molecule has 0 radical (unpaired) electrons. The summed E-state index contributed by atoms with van der Waals surface area (Å²) in [6.45, 7) is 0. The van der Waals surface area contributed by atoms with Gasteiger partial charge in [-0.1, -0.05) is 17.2 Å². The number of halogens is 1. The van der Waals surface area contributed by atoms with Gasteiger partial charge in [0, 0.05) is 0 Å². The number of benzene rings is 1. The van der Waals surface area contributed by atoms with E-state index >= 15 is 0 Å². The van der Waals surface area contributed by atoms with E-state index in [9.17, 15) is 0 Å². The number of nitrogens with zero attached hydrogens (tertiary/aromatic N) is 5. The van der Waals surface area contributed by atoms with Crippen LogP contribution in [0.15, 0.2) is 24.3 Å². The molecule has 0 bridgehead atoms. The van der Waals surface area contributed by atoms with Crippen molar-refractivity contribution >= 4 is 22.6 Å². The number of imidazole rings is 1. The fraction of sp³-hybridized carbons (Fsp3) is 0. The van der Waals surface area contributed by atoms with E-state index in [4.69, 9.17) is 11.6 Å². The maximum atomic E-state index is 6.00. The van der Waals surface area contributed by atoms with E-state index in [2.05, 4.69) is 25.6 Å². The van der Waals surface area contributed by atoms with Crippen LogP contribution in [0.25, 0.3) is 17.0 Å². The summed E-state index contributed by atoms with van der Waals surface area (Å²) in [6, 6.07) is 7.58. The zero-order chi connectivity index (χ0) is 10.3. The van der Waals surface area contributed by atoms with Crippen LogP contribution in [0.5, 0.6) is 0 Å². The summed E-state index contributed by atoms with van der Waals surface area (Å²) in [5.41, 5.74) is 1.67. The van der Waals surface area contributed by atoms with Gasteiger partial charge < -0.3 is 0 Å². The Morgan fingerprint density at radius 3 is 2.93 bits per heavy atom. The second-order valence-electron chi connectivity index (χ2n) is 2.93. The standard InChI is InChI=1S/C8H5ClN6/c9-7-10-5-3-1-2-4-6(5)15(7)8-11-13-14-12-8/h1-4H,(H,11,12,13,14). The van der Waals surface area contributed by atoms with Crippen molar-refractivity contribution in [3.8, 4) is 5.95 Å². The van der Waals surface area contributed by atoms with E-state index in [1.54, 1.807) is 4.57 Å². The lowest BCUT2D eigenvalue weighted by Gasteiger charge is -1.97. The Balaban J connectivity index is 2.39. The minimum atomic E-state index is 0.328. The normalized spacial score (nSPS) is 11.0. The van der Waals surface area contributed by atoms with Crippen molar-refractivity contribution in [2.24, 2.45) is 0 Å². The molecule has 0 aliphatic heterocycles. The molecule has 2 aromatic heterocycles. The highest BCUT2D eigenvalue weighted by molar-refractivity contribution is 6.29. The molecule has 0 saturated heterocycles. The number of fused-ring (bicyclic) bond motifs is 1. The van der Waals surface area contributed by atoms with Gasteiger partial charge in [0.05, 0.1) is 11.0 Å². The number of nitrogens with one attached hydrogen (secondary N) is 1. The van der Waals surface area contributed by atoms with Crippen LogP contribution in [0.3, 0.4) is 0 Å². The Morgan fingerprint density at radius 1 is 1.27 bits per heavy atom. The van der Waals surface area contributed by atoms with Crippen LogP contribution < -0.4 is 0 Å². The van der Waals surface area contributed by atoms with Gasteiger partial charge >= 0.3 is 0 Å². The zero-order valence-corrected chi connectivity index (χ0v) is 8.18. The van der Waals surface area contributed by atoms with Gasteiger partial charge in [0.25, 0.3) is 5.95 Å². The van der Waals surface area contributed by atoms with Gasteiger partial charge in [-0.15, -0.1) is 0 Å². The van der Waals surface area contributed by atoms with Gasteiger partial charge in [-0.25, -0.2) is 14.6 Å². The van der Waals surface area contributed by atoms with Crippen LogP contribution in [-0.2, 0) is 0 Å². The third kappa shape index (κ3) is 1.18. The predicted octanol–water partition coefficient (Wildman–Crippen LogP) is 1.19. The molecule has 0 fully saturated rings. The molecule has 15 heavy (non-hydrogen) atoms. The molecule has 74 valence electrons. The summed E-state index contributed by atoms with van der Waals surface area (Å²) < 4.78 is 1.65. The number of aromatic amines is 1. The Kier molecular flexibility index (Phi) is 1.69. The second kappa shape index (κ2) is 3.03. The minimum absolute atomic E-state index is 0.328. The van der Waals surface area contributed by atoms with Crippen molar-refractivity contribution in [3.63, 3.8) is 0 Å². The zero-order valence-electron chi connectivity index (χ0n) is 7.42. The van der Waals surface area contributed by atoms with Crippen molar-refractivity contribution in [3.05, 3.63) is 29.5 Å². The quantitative estimate of drug-likeness (QED) is 0.669. The summed E-state index contributed by atoms with van der Waals surface area (Å²) in [5.74, 6) is 0.453. The summed E-state index contributed by atoms with van der Waals surface area (Å²) in [5, 5.41) is 13.8. The molecule has 0 saturated carbocycles. The maximum Gasteiger partial charge on any atom is 0.253 e. The van der Waals surface area contributed by atoms with Gasteiger partial charge in [0.1, 0.15) is 0 Å². The number of tetrazole rings is 1. The second-order valence-corrected chi connectivity index (χ2v) is 3.27. The highest BCUT2D eigenvalue weighted by atomic mass is 35.5. The first-order valence-electron chi connectivity index (χ1n) is 4.23. The smallest absolute Gasteiger partial charge is 0.250 e. The van der Waals surface area contributed by atoms with Crippen LogP contribution in [0.1, 0.15) is 0 Å². The molecule has 3 rings (SSSR count). The van der Waals surface area contributed by atoms with Crippen molar-refractivity contribution in [1.29, 1.82) is 0 Å². The Hall–Kier alpha value is -1.95.